The Kier molecular flexibility index (Phi) is 8.55. The summed E-state index contributed by atoms with van der Waals surface area (Å²) in [5, 5.41) is 4.95. The molecule has 0 aromatic heterocycles. The van der Waals surface area contributed by atoms with Gasteiger partial charge in [-0.15, -0.1) is 0 Å². The lowest BCUT2D eigenvalue weighted by atomic mass is 10.1. The molecule has 1 rings (SSSR count). The summed E-state index contributed by atoms with van der Waals surface area (Å²) in [5.41, 5.74) is 1.10. The van der Waals surface area contributed by atoms with Crippen LogP contribution in [-0.4, -0.2) is 30.6 Å². The van der Waals surface area contributed by atoms with Gasteiger partial charge in [-0.3, -0.25) is 0 Å². The number of hydrogen-bond acceptors (Lipinski definition) is 2. The van der Waals surface area contributed by atoms with Gasteiger partial charge in [0, 0.05) is 22.6 Å². The quantitative estimate of drug-likeness (QED) is 0.716. The molecule has 1 unspecified atom stereocenters. The van der Waals surface area contributed by atoms with Gasteiger partial charge in [-0.25, -0.2) is 0 Å². The van der Waals surface area contributed by atoms with E-state index < -0.39 is 0 Å². The van der Waals surface area contributed by atoms with Crippen LogP contribution in [0.2, 0.25) is 10.0 Å². The summed E-state index contributed by atoms with van der Waals surface area (Å²) < 4.78 is 0. The fourth-order valence-corrected chi connectivity index (χ4v) is 2.69. The molecule has 0 aliphatic rings. The topological polar surface area (TPSA) is 15.3 Å². The maximum absolute atomic E-state index is 6.17. The number of halogens is 2. The molecule has 1 aromatic rings. The zero-order chi connectivity index (χ0) is 15.0. The molecule has 0 saturated heterocycles. The van der Waals surface area contributed by atoms with E-state index in [1.54, 1.807) is 6.07 Å². The number of nitrogens with one attached hydrogen (secondary N) is 1. The van der Waals surface area contributed by atoms with E-state index in [1.807, 2.05) is 12.1 Å². The molecule has 1 N–H and O–H groups in total. The van der Waals surface area contributed by atoms with Gasteiger partial charge in [0.05, 0.1) is 0 Å². The molecule has 0 aliphatic carbocycles. The molecule has 1 aromatic carbocycles. The second kappa shape index (κ2) is 9.62. The van der Waals surface area contributed by atoms with Gasteiger partial charge in [0.15, 0.2) is 0 Å². The highest BCUT2D eigenvalue weighted by molar-refractivity contribution is 6.35. The van der Waals surface area contributed by atoms with Crippen molar-refractivity contribution >= 4 is 23.2 Å². The zero-order valence-corrected chi connectivity index (χ0v) is 14.3. The summed E-state index contributed by atoms with van der Waals surface area (Å²) in [6.45, 7) is 10.9. The Bertz CT molecular complexity index is 392. The maximum atomic E-state index is 6.17. The van der Waals surface area contributed by atoms with E-state index in [4.69, 9.17) is 23.2 Å². The highest BCUT2D eigenvalue weighted by Gasteiger charge is 2.06. The molecule has 1 atom stereocenters. The summed E-state index contributed by atoms with van der Waals surface area (Å²) in [6.07, 6.45) is 2.41. The van der Waals surface area contributed by atoms with Crippen molar-refractivity contribution in [2.24, 2.45) is 0 Å². The average Bonchev–Trinajstić information content (AvgIpc) is 2.42. The predicted octanol–water partition coefficient (Wildman–Crippen LogP) is 4.59. The molecule has 0 saturated carbocycles. The third-order valence-electron chi connectivity index (χ3n) is 3.66. The van der Waals surface area contributed by atoms with E-state index in [0.717, 1.165) is 30.2 Å². The Morgan fingerprint density at radius 2 is 1.90 bits per heavy atom. The Balaban J connectivity index is 2.27. The van der Waals surface area contributed by atoms with E-state index in [0.29, 0.717) is 11.1 Å². The SMILES string of the molecule is CCN(CC)CCCC(C)NCc1ccc(Cl)cc1Cl. The van der Waals surface area contributed by atoms with Gasteiger partial charge in [-0.1, -0.05) is 43.1 Å². The minimum absolute atomic E-state index is 0.498. The molecule has 0 spiro atoms. The second-order valence-electron chi connectivity index (χ2n) is 5.19. The fraction of sp³-hybridized carbons (Fsp3) is 0.625. The summed E-state index contributed by atoms with van der Waals surface area (Å²) >= 11 is 12.1. The van der Waals surface area contributed by atoms with Crippen LogP contribution in [0.1, 0.15) is 39.2 Å². The Morgan fingerprint density at radius 1 is 1.20 bits per heavy atom. The van der Waals surface area contributed by atoms with Crippen molar-refractivity contribution in [2.45, 2.75) is 46.2 Å². The van der Waals surface area contributed by atoms with Crippen LogP contribution in [-0.2, 0) is 6.54 Å². The van der Waals surface area contributed by atoms with Crippen molar-refractivity contribution in [3.8, 4) is 0 Å². The molecular formula is C16H26Cl2N2. The van der Waals surface area contributed by atoms with Crippen LogP contribution in [0.15, 0.2) is 18.2 Å². The van der Waals surface area contributed by atoms with Crippen molar-refractivity contribution in [2.75, 3.05) is 19.6 Å². The van der Waals surface area contributed by atoms with Gasteiger partial charge < -0.3 is 10.2 Å². The van der Waals surface area contributed by atoms with Gasteiger partial charge in [0.2, 0.25) is 0 Å². The summed E-state index contributed by atoms with van der Waals surface area (Å²) in [7, 11) is 0. The van der Waals surface area contributed by atoms with Crippen LogP contribution in [0.25, 0.3) is 0 Å². The van der Waals surface area contributed by atoms with E-state index in [-0.39, 0.29) is 0 Å². The highest BCUT2D eigenvalue weighted by Crippen LogP contribution is 2.20. The van der Waals surface area contributed by atoms with Crippen molar-refractivity contribution in [3.63, 3.8) is 0 Å². The first kappa shape index (κ1) is 17.8. The molecule has 4 heteroatoms. The smallest absolute Gasteiger partial charge is 0.0465 e. The van der Waals surface area contributed by atoms with Gasteiger partial charge in [0.1, 0.15) is 0 Å². The standard InChI is InChI=1S/C16H26Cl2N2/c1-4-20(5-2)10-6-7-13(3)19-12-14-8-9-15(17)11-16(14)18/h8-9,11,13,19H,4-7,10,12H2,1-3H3. The van der Waals surface area contributed by atoms with Crippen molar-refractivity contribution in [3.05, 3.63) is 33.8 Å². The van der Waals surface area contributed by atoms with E-state index in [9.17, 15) is 0 Å². The van der Waals surface area contributed by atoms with Crippen LogP contribution in [0, 0.1) is 0 Å². The average molecular weight is 317 g/mol. The monoisotopic (exact) mass is 316 g/mol. The zero-order valence-electron chi connectivity index (χ0n) is 12.8. The van der Waals surface area contributed by atoms with Crippen molar-refractivity contribution in [1.82, 2.24) is 10.2 Å². The van der Waals surface area contributed by atoms with Gasteiger partial charge >= 0.3 is 0 Å². The van der Waals surface area contributed by atoms with Crippen LogP contribution in [0.3, 0.4) is 0 Å². The predicted molar refractivity (Wildman–Crippen MR) is 89.8 cm³/mol. The second-order valence-corrected chi connectivity index (χ2v) is 6.03. The minimum Gasteiger partial charge on any atom is -0.310 e. The van der Waals surface area contributed by atoms with Crippen LogP contribution < -0.4 is 5.32 Å². The van der Waals surface area contributed by atoms with Crippen LogP contribution in [0.4, 0.5) is 0 Å². The molecule has 0 bridgehead atoms. The Hall–Kier alpha value is -0.280. The number of benzene rings is 1. The maximum Gasteiger partial charge on any atom is 0.0465 e. The number of hydrogen-bond donors (Lipinski definition) is 1. The number of nitrogens with zero attached hydrogens (tertiary/aromatic N) is 1. The number of rotatable bonds is 9. The first-order valence-corrected chi connectivity index (χ1v) is 8.22. The van der Waals surface area contributed by atoms with Gasteiger partial charge in [-0.05, 0) is 57.1 Å². The minimum atomic E-state index is 0.498. The molecule has 0 heterocycles. The lowest BCUT2D eigenvalue weighted by molar-refractivity contribution is 0.290. The van der Waals surface area contributed by atoms with Gasteiger partial charge in [0.25, 0.3) is 0 Å². The third-order valence-corrected chi connectivity index (χ3v) is 4.25. The van der Waals surface area contributed by atoms with Crippen molar-refractivity contribution < 1.29 is 0 Å². The van der Waals surface area contributed by atoms with E-state index in [2.05, 4.69) is 31.0 Å². The fourth-order valence-electron chi connectivity index (χ4n) is 2.21. The van der Waals surface area contributed by atoms with Crippen LogP contribution >= 0.6 is 23.2 Å². The molecule has 0 aliphatic heterocycles. The summed E-state index contributed by atoms with van der Waals surface area (Å²) in [4.78, 5) is 2.46. The summed E-state index contributed by atoms with van der Waals surface area (Å²) in [6, 6.07) is 6.17. The lowest BCUT2D eigenvalue weighted by Gasteiger charge is -2.20. The largest absolute Gasteiger partial charge is 0.310 e. The first-order valence-electron chi connectivity index (χ1n) is 7.46. The molecule has 2 nitrogen and oxygen atoms in total. The molecule has 0 fully saturated rings. The lowest BCUT2D eigenvalue weighted by Crippen LogP contribution is -2.28. The van der Waals surface area contributed by atoms with E-state index >= 15 is 0 Å². The summed E-state index contributed by atoms with van der Waals surface area (Å²) in [5.74, 6) is 0. The molecule has 20 heavy (non-hydrogen) atoms. The molecule has 0 amide bonds. The molecule has 114 valence electrons. The molecule has 0 radical (unpaired) electrons. The van der Waals surface area contributed by atoms with Crippen LogP contribution in [0.5, 0.6) is 0 Å². The first-order chi connectivity index (χ1) is 9.56. The van der Waals surface area contributed by atoms with Gasteiger partial charge in [-0.2, -0.15) is 0 Å². The molecular weight excluding hydrogens is 291 g/mol. The Labute approximate surface area is 133 Å². The van der Waals surface area contributed by atoms with Crippen molar-refractivity contribution in [1.29, 1.82) is 0 Å². The van der Waals surface area contributed by atoms with E-state index in [1.165, 1.54) is 19.4 Å². The third kappa shape index (κ3) is 6.45. The highest BCUT2D eigenvalue weighted by atomic mass is 35.5. The Morgan fingerprint density at radius 3 is 2.50 bits per heavy atom. The normalized spacial score (nSPS) is 12.9.